The maximum Gasteiger partial charge on any atom is 0.276 e. The minimum Gasteiger partial charge on any atom is -0.383 e. The molecule has 1 N–H and O–H groups in total. The summed E-state index contributed by atoms with van der Waals surface area (Å²) in [6, 6.07) is 4.82. The first-order valence-corrected chi connectivity index (χ1v) is 10.6. The van der Waals surface area contributed by atoms with Crippen LogP contribution in [0.1, 0.15) is 54.2 Å². The first-order chi connectivity index (χ1) is 14.1. The van der Waals surface area contributed by atoms with Crippen molar-refractivity contribution >= 4 is 23.3 Å². The monoisotopic (exact) mass is 420 g/mol. The molecule has 1 atom stereocenters. The molecular formula is C20H25FN4O3S. The van der Waals surface area contributed by atoms with Crippen molar-refractivity contribution in [3.63, 3.8) is 0 Å². The zero-order chi connectivity index (χ0) is 20.6. The maximum absolute atomic E-state index is 13.5. The number of hydrogen-bond donors (Lipinski definition) is 1. The van der Waals surface area contributed by atoms with Crippen LogP contribution in [0.15, 0.2) is 29.6 Å². The van der Waals surface area contributed by atoms with Crippen molar-refractivity contribution in [1.29, 1.82) is 0 Å². The van der Waals surface area contributed by atoms with Crippen molar-refractivity contribution in [1.82, 2.24) is 19.8 Å². The third-order valence-electron chi connectivity index (χ3n) is 5.07. The molecule has 2 amide bonds. The van der Waals surface area contributed by atoms with Crippen molar-refractivity contribution in [3.05, 3.63) is 46.7 Å². The molecule has 2 aromatic rings. The topological polar surface area (TPSA) is 84.4 Å². The van der Waals surface area contributed by atoms with Gasteiger partial charge in [-0.3, -0.25) is 9.59 Å². The van der Waals surface area contributed by atoms with Crippen LogP contribution in [0.2, 0.25) is 0 Å². The van der Waals surface area contributed by atoms with Crippen LogP contribution in [-0.4, -0.2) is 52.6 Å². The van der Waals surface area contributed by atoms with E-state index in [9.17, 15) is 14.0 Å². The van der Waals surface area contributed by atoms with E-state index < -0.39 is 17.8 Å². The molecule has 3 rings (SSSR count). The Kier molecular flexibility index (Phi) is 7.65. The molecule has 1 aromatic heterocycles. The molecule has 1 saturated carbocycles. The molecule has 0 spiro atoms. The molecule has 0 bridgehead atoms. The second-order valence-corrected chi connectivity index (χ2v) is 7.69. The Morgan fingerprint density at radius 2 is 2.00 bits per heavy atom. The minimum atomic E-state index is -0.915. The van der Waals surface area contributed by atoms with Gasteiger partial charge >= 0.3 is 0 Å². The molecule has 1 aliphatic rings. The van der Waals surface area contributed by atoms with E-state index in [4.69, 9.17) is 4.74 Å². The van der Waals surface area contributed by atoms with Crippen molar-refractivity contribution in [2.24, 2.45) is 0 Å². The predicted molar refractivity (Wildman–Crippen MR) is 107 cm³/mol. The summed E-state index contributed by atoms with van der Waals surface area (Å²) in [5.74, 6) is -1.10. The van der Waals surface area contributed by atoms with Crippen LogP contribution in [0.4, 0.5) is 4.39 Å². The summed E-state index contributed by atoms with van der Waals surface area (Å²) < 4.78 is 22.4. The van der Waals surface area contributed by atoms with E-state index >= 15 is 0 Å². The number of amides is 2. The van der Waals surface area contributed by atoms with E-state index in [-0.39, 0.29) is 30.8 Å². The molecule has 156 valence electrons. The van der Waals surface area contributed by atoms with Crippen LogP contribution < -0.4 is 5.32 Å². The van der Waals surface area contributed by atoms with Crippen LogP contribution >= 0.6 is 11.5 Å². The number of nitrogens with one attached hydrogen (secondary N) is 1. The summed E-state index contributed by atoms with van der Waals surface area (Å²) in [5.41, 5.74) is 0.705. The van der Waals surface area contributed by atoms with Gasteiger partial charge in [-0.15, -0.1) is 5.10 Å². The molecule has 0 unspecified atom stereocenters. The van der Waals surface area contributed by atoms with E-state index in [1.165, 1.54) is 42.7 Å². The molecule has 0 aliphatic heterocycles. The SMILES string of the molecule is COCCN(C(=O)c1csnn1)[C@@H](C(=O)NC1CCCCC1)c1ccc(F)cc1. The molecule has 29 heavy (non-hydrogen) atoms. The van der Waals surface area contributed by atoms with Crippen LogP contribution in [-0.2, 0) is 9.53 Å². The summed E-state index contributed by atoms with van der Waals surface area (Å²) in [4.78, 5) is 27.8. The largest absolute Gasteiger partial charge is 0.383 e. The number of halogens is 1. The molecule has 1 heterocycles. The lowest BCUT2D eigenvalue weighted by atomic mass is 9.94. The lowest BCUT2D eigenvalue weighted by molar-refractivity contribution is -0.127. The van der Waals surface area contributed by atoms with Crippen LogP contribution in [0.3, 0.4) is 0 Å². The molecule has 9 heteroatoms. The quantitative estimate of drug-likeness (QED) is 0.710. The number of ether oxygens (including phenoxy) is 1. The summed E-state index contributed by atoms with van der Waals surface area (Å²) in [7, 11) is 1.53. The van der Waals surface area contributed by atoms with Gasteiger partial charge in [0, 0.05) is 25.1 Å². The second-order valence-electron chi connectivity index (χ2n) is 7.08. The van der Waals surface area contributed by atoms with Gasteiger partial charge in [-0.25, -0.2) is 4.39 Å². The zero-order valence-corrected chi connectivity index (χ0v) is 17.2. The van der Waals surface area contributed by atoms with Gasteiger partial charge < -0.3 is 15.0 Å². The van der Waals surface area contributed by atoms with Crippen molar-refractivity contribution in [3.8, 4) is 0 Å². The van der Waals surface area contributed by atoms with Gasteiger partial charge in [0.25, 0.3) is 5.91 Å². The van der Waals surface area contributed by atoms with Gasteiger partial charge in [0.05, 0.1) is 6.61 Å². The fourth-order valence-electron chi connectivity index (χ4n) is 3.59. The predicted octanol–water partition coefficient (Wildman–Crippen LogP) is 2.96. The lowest BCUT2D eigenvalue weighted by Gasteiger charge is -2.32. The first-order valence-electron chi connectivity index (χ1n) is 9.73. The number of methoxy groups -OCH3 is 1. The molecule has 1 fully saturated rings. The highest BCUT2D eigenvalue weighted by atomic mass is 32.1. The van der Waals surface area contributed by atoms with Gasteiger partial charge in [-0.05, 0) is 42.1 Å². The fraction of sp³-hybridized carbons (Fsp3) is 0.500. The van der Waals surface area contributed by atoms with Gasteiger partial charge in [0.1, 0.15) is 11.9 Å². The van der Waals surface area contributed by atoms with E-state index in [0.29, 0.717) is 5.56 Å². The van der Waals surface area contributed by atoms with E-state index in [0.717, 1.165) is 37.2 Å². The smallest absolute Gasteiger partial charge is 0.276 e. The van der Waals surface area contributed by atoms with Gasteiger partial charge in [-0.2, -0.15) is 0 Å². The maximum atomic E-state index is 13.5. The number of nitrogens with zero attached hydrogens (tertiary/aromatic N) is 3. The minimum absolute atomic E-state index is 0.0829. The second kappa shape index (κ2) is 10.4. The van der Waals surface area contributed by atoms with Crippen LogP contribution in [0.5, 0.6) is 0 Å². The van der Waals surface area contributed by atoms with Crippen LogP contribution in [0, 0.1) is 5.82 Å². The Balaban J connectivity index is 1.92. The third-order valence-corrected chi connectivity index (χ3v) is 5.58. The standard InChI is InChI=1S/C20H25FN4O3S/c1-28-12-11-25(20(27)17-13-29-24-23-17)18(14-7-9-15(21)10-8-14)19(26)22-16-5-3-2-4-6-16/h7-10,13,16,18H,2-6,11-12H2,1H3,(H,22,26)/t18-/m1/s1. The molecule has 1 aromatic carbocycles. The van der Waals surface area contributed by atoms with Crippen molar-refractivity contribution in [2.45, 2.75) is 44.2 Å². The summed E-state index contributed by atoms with van der Waals surface area (Å²) in [5, 5.41) is 8.49. The van der Waals surface area contributed by atoms with Crippen molar-refractivity contribution < 1.29 is 18.7 Å². The molecular weight excluding hydrogens is 395 g/mol. The average molecular weight is 421 g/mol. The van der Waals surface area contributed by atoms with Gasteiger partial charge in [0.2, 0.25) is 5.91 Å². The van der Waals surface area contributed by atoms with E-state index in [1.54, 1.807) is 5.38 Å². The number of aromatic nitrogens is 2. The Bertz CT molecular complexity index is 795. The number of benzene rings is 1. The fourth-order valence-corrected chi connectivity index (χ4v) is 4.02. The number of hydrogen-bond acceptors (Lipinski definition) is 6. The van der Waals surface area contributed by atoms with Gasteiger partial charge in [0.15, 0.2) is 5.69 Å². The Morgan fingerprint density at radius 1 is 1.28 bits per heavy atom. The highest BCUT2D eigenvalue weighted by molar-refractivity contribution is 7.03. The summed E-state index contributed by atoms with van der Waals surface area (Å²) in [6.45, 7) is 0.435. The number of rotatable bonds is 8. The summed E-state index contributed by atoms with van der Waals surface area (Å²) >= 11 is 1.07. The molecule has 0 saturated heterocycles. The Labute approximate surface area is 173 Å². The normalized spacial score (nSPS) is 15.7. The lowest BCUT2D eigenvalue weighted by Crippen LogP contribution is -2.48. The Morgan fingerprint density at radius 3 is 2.62 bits per heavy atom. The summed E-state index contributed by atoms with van der Waals surface area (Å²) in [6.07, 6.45) is 5.16. The number of carbonyl (C=O) groups is 2. The van der Waals surface area contributed by atoms with Gasteiger partial charge in [-0.1, -0.05) is 35.9 Å². The van der Waals surface area contributed by atoms with Crippen molar-refractivity contribution in [2.75, 3.05) is 20.3 Å². The first kappa shape index (κ1) is 21.3. The third kappa shape index (κ3) is 5.57. The number of carbonyl (C=O) groups excluding carboxylic acids is 2. The average Bonchev–Trinajstić information content (AvgIpc) is 3.27. The highest BCUT2D eigenvalue weighted by Crippen LogP contribution is 2.25. The zero-order valence-electron chi connectivity index (χ0n) is 16.3. The molecule has 0 radical (unpaired) electrons. The highest BCUT2D eigenvalue weighted by Gasteiger charge is 2.34. The van der Waals surface area contributed by atoms with E-state index in [2.05, 4.69) is 14.9 Å². The van der Waals surface area contributed by atoms with Crippen LogP contribution in [0.25, 0.3) is 0 Å². The van der Waals surface area contributed by atoms with E-state index in [1.807, 2.05) is 0 Å². The Hall–Kier alpha value is -2.39. The molecule has 7 nitrogen and oxygen atoms in total. The molecule has 1 aliphatic carbocycles.